The summed E-state index contributed by atoms with van der Waals surface area (Å²) in [7, 11) is -1.86. The Morgan fingerprint density at radius 3 is 2.75 bits per heavy atom. The van der Waals surface area contributed by atoms with Gasteiger partial charge in [0.2, 0.25) is 0 Å². The van der Waals surface area contributed by atoms with Crippen LogP contribution in [0.5, 0.6) is 0 Å². The summed E-state index contributed by atoms with van der Waals surface area (Å²) in [6.45, 7) is 0.0329. The third kappa shape index (κ3) is 3.38. The fourth-order valence-corrected chi connectivity index (χ4v) is 2.53. The average Bonchev–Trinajstić information content (AvgIpc) is 2.84. The van der Waals surface area contributed by atoms with Gasteiger partial charge in [0.05, 0.1) is 6.61 Å². The van der Waals surface area contributed by atoms with Crippen molar-refractivity contribution in [3.05, 3.63) is 36.0 Å². The second kappa shape index (κ2) is 6.07. The van der Waals surface area contributed by atoms with Crippen LogP contribution in [0.1, 0.15) is 11.4 Å². The van der Waals surface area contributed by atoms with Gasteiger partial charge in [-0.1, -0.05) is 6.07 Å². The number of sulfonamides is 1. The molecule has 0 aliphatic rings. The highest BCUT2D eigenvalue weighted by Gasteiger charge is 2.15. The lowest BCUT2D eigenvalue weighted by molar-refractivity contribution is 0.281. The zero-order valence-electron chi connectivity index (χ0n) is 10.9. The van der Waals surface area contributed by atoms with Crippen LogP contribution in [0.4, 0.5) is 0 Å². The van der Waals surface area contributed by atoms with Gasteiger partial charge in [0, 0.05) is 26.2 Å². The fourth-order valence-electron chi connectivity index (χ4n) is 1.57. The molecule has 9 heteroatoms. The lowest BCUT2D eigenvalue weighted by Crippen LogP contribution is -2.27. The second-order valence-electron chi connectivity index (χ2n) is 4.17. The summed E-state index contributed by atoms with van der Waals surface area (Å²) >= 11 is 0. The Morgan fingerprint density at radius 2 is 2.20 bits per heavy atom. The molecule has 2 aromatic rings. The topological polar surface area (TPSA) is 110 Å². The largest absolute Gasteiger partial charge is 0.392 e. The van der Waals surface area contributed by atoms with Crippen molar-refractivity contribution in [3.63, 3.8) is 0 Å². The SMILES string of the molecule is Cn1cnnc1CCNS(=O)(=O)c1ccc(CO)cn1. The molecule has 0 spiro atoms. The molecule has 8 nitrogen and oxygen atoms in total. The summed E-state index contributed by atoms with van der Waals surface area (Å²) in [4.78, 5) is 3.81. The van der Waals surface area contributed by atoms with E-state index in [0.29, 0.717) is 17.8 Å². The average molecular weight is 297 g/mol. The first-order valence-electron chi connectivity index (χ1n) is 5.91. The van der Waals surface area contributed by atoms with Crippen LogP contribution in [-0.4, -0.2) is 39.8 Å². The van der Waals surface area contributed by atoms with E-state index >= 15 is 0 Å². The molecular formula is C11H15N5O3S. The molecule has 0 aliphatic carbocycles. The van der Waals surface area contributed by atoms with E-state index in [-0.39, 0.29) is 18.2 Å². The monoisotopic (exact) mass is 297 g/mol. The quantitative estimate of drug-likeness (QED) is 0.724. The number of hydrogen-bond acceptors (Lipinski definition) is 6. The number of nitrogens with one attached hydrogen (secondary N) is 1. The van der Waals surface area contributed by atoms with Gasteiger partial charge in [-0.2, -0.15) is 0 Å². The Labute approximate surface area is 116 Å². The molecule has 0 radical (unpaired) electrons. The Bertz CT molecular complexity index is 666. The van der Waals surface area contributed by atoms with Crippen LogP contribution >= 0.6 is 0 Å². The van der Waals surface area contributed by atoms with E-state index < -0.39 is 10.0 Å². The van der Waals surface area contributed by atoms with Crippen molar-refractivity contribution in [1.29, 1.82) is 0 Å². The Hall–Kier alpha value is -1.84. The van der Waals surface area contributed by atoms with E-state index in [9.17, 15) is 8.42 Å². The van der Waals surface area contributed by atoms with Crippen LogP contribution in [0.3, 0.4) is 0 Å². The van der Waals surface area contributed by atoms with Crippen molar-refractivity contribution in [1.82, 2.24) is 24.5 Å². The van der Waals surface area contributed by atoms with Gasteiger partial charge in [-0.15, -0.1) is 10.2 Å². The fraction of sp³-hybridized carbons (Fsp3) is 0.364. The first-order valence-corrected chi connectivity index (χ1v) is 7.39. The number of aliphatic hydroxyl groups is 1. The number of hydrogen-bond donors (Lipinski definition) is 2. The summed E-state index contributed by atoms with van der Waals surface area (Å²) in [5.74, 6) is 0.691. The molecule has 20 heavy (non-hydrogen) atoms. The van der Waals surface area contributed by atoms with Crippen molar-refractivity contribution >= 4 is 10.0 Å². The zero-order valence-corrected chi connectivity index (χ0v) is 11.7. The summed E-state index contributed by atoms with van der Waals surface area (Å²) in [5.41, 5.74) is 0.558. The molecule has 0 fully saturated rings. The molecule has 108 valence electrons. The van der Waals surface area contributed by atoms with Crippen LogP contribution in [0.2, 0.25) is 0 Å². The van der Waals surface area contributed by atoms with Gasteiger partial charge in [-0.3, -0.25) is 0 Å². The Kier molecular flexibility index (Phi) is 4.42. The summed E-state index contributed by atoms with van der Waals surface area (Å²) in [6.07, 6.45) is 3.32. The molecule has 0 saturated heterocycles. The first kappa shape index (κ1) is 14.6. The number of pyridine rings is 1. The highest BCUT2D eigenvalue weighted by Crippen LogP contribution is 2.06. The molecule has 2 heterocycles. The van der Waals surface area contributed by atoms with Crippen LogP contribution in [-0.2, 0) is 30.1 Å². The molecular weight excluding hydrogens is 282 g/mol. The summed E-state index contributed by atoms with van der Waals surface area (Å²) in [6, 6.07) is 2.88. The predicted octanol–water partition coefficient (Wildman–Crippen LogP) is -0.777. The van der Waals surface area contributed by atoms with Crippen molar-refractivity contribution < 1.29 is 13.5 Å². The van der Waals surface area contributed by atoms with Gasteiger partial charge >= 0.3 is 0 Å². The minimum atomic E-state index is -3.65. The molecule has 0 amide bonds. The second-order valence-corrected chi connectivity index (χ2v) is 5.88. The lowest BCUT2D eigenvalue weighted by Gasteiger charge is -2.06. The van der Waals surface area contributed by atoms with Gasteiger partial charge in [0.15, 0.2) is 5.03 Å². The zero-order chi connectivity index (χ0) is 14.6. The maximum atomic E-state index is 12.0. The van der Waals surface area contributed by atoms with Crippen LogP contribution in [0, 0.1) is 0 Å². The molecule has 0 aliphatic heterocycles. The summed E-state index contributed by atoms with van der Waals surface area (Å²) < 4.78 is 28.1. The van der Waals surface area contributed by atoms with E-state index in [1.165, 1.54) is 18.3 Å². The molecule has 0 saturated carbocycles. The van der Waals surface area contributed by atoms with Crippen molar-refractivity contribution in [2.75, 3.05) is 6.54 Å². The minimum absolute atomic E-state index is 0.0762. The summed E-state index contributed by atoms with van der Waals surface area (Å²) in [5, 5.41) is 16.4. The van der Waals surface area contributed by atoms with E-state index in [1.54, 1.807) is 17.9 Å². The van der Waals surface area contributed by atoms with Crippen molar-refractivity contribution in [2.45, 2.75) is 18.1 Å². The number of aryl methyl sites for hydroxylation is 1. The number of aromatic nitrogens is 4. The first-order chi connectivity index (χ1) is 9.53. The van der Waals surface area contributed by atoms with Gasteiger partial charge in [0.25, 0.3) is 10.0 Å². The molecule has 0 bridgehead atoms. The molecule has 2 aromatic heterocycles. The van der Waals surface area contributed by atoms with Crippen LogP contribution in [0.15, 0.2) is 29.7 Å². The number of aliphatic hydroxyl groups excluding tert-OH is 1. The van der Waals surface area contributed by atoms with E-state index in [0.717, 1.165) is 0 Å². The lowest BCUT2D eigenvalue weighted by atomic mass is 10.3. The van der Waals surface area contributed by atoms with E-state index in [4.69, 9.17) is 5.11 Å². The molecule has 2 N–H and O–H groups in total. The number of nitrogens with zero attached hydrogens (tertiary/aromatic N) is 4. The van der Waals surface area contributed by atoms with Crippen molar-refractivity contribution in [2.24, 2.45) is 7.05 Å². The van der Waals surface area contributed by atoms with E-state index in [2.05, 4.69) is 19.9 Å². The van der Waals surface area contributed by atoms with Crippen molar-refractivity contribution in [3.8, 4) is 0 Å². The van der Waals surface area contributed by atoms with Gasteiger partial charge in [-0.05, 0) is 11.6 Å². The standard InChI is InChI=1S/C11H15N5O3S/c1-16-8-13-15-10(16)4-5-14-20(18,19)11-3-2-9(7-17)6-12-11/h2-3,6,8,14,17H,4-5,7H2,1H3. The Morgan fingerprint density at radius 1 is 1.40 bits per heavy atom. The molecule has 0 unspecified atom stereocenters. The number of rotatable bonds is 6. The Balaban J connectivity index is 1.98. The molecule has 0 atom stereocenters. The third-order valence-corrected chi connectivity index (χ3v) is 4.08. The normalized spacial score (nSPS) is 11.7. The van der Waals surface area contributed by atoms with Gasteiger partial charge < -0.3 is 9.67 Å². The third-order valence-electron chi connectivity index (χ3n) is 2.70. The van der Waals surface area contributed by atoms with Gasteiger partial charge in [-0.25, -0.2) is 18.1 Å². The maximum absolute atomic E-state index is 12.0. The maximum Gasteiger partial charge on any atom is 0.258 e. The highest BCUT2D eigenvalue weighted by molar-refractivity contribution is 7.89. The molecule has 2 rings (SSSR count). The highest BCUT2D eigenvalue weighted by atomic mass is 32.2. The smallest absolute Gasteiger partial charge is 0.258 e. The predicted molar refractivity (Wildman–Crippen MR) is 70.1 cm³/mol. The molecule has 0 aromatic carbocycles. The van der Waals surface area contributed by atoms with Crippen LogP contribution in [0.25, 0.3) is 0 Å². The van der Waals surface area contributed by atoms with E-state index in [1.807, 2.05) is 0 Å². The van der Waals surface area contributed by atoms with Crippen LogP contribution < -0.4 is 4.72 Å². The van der Waals surface area contributed by atoms with Gasteiger partial charge in [0.1, 0.15) is 12.2 Å². The minimum Gasteiger partial charge on any atom is -0.392 e.